The first kappa shape index (κ1) is 24.6. The van der Waals surface area contributed by atoms with Gasteiger partial charge in [-0.2, -0.15) is 0 Å². The second kappa shape index (κ2) is 9.11. The number of piperidine rings is 1. The number of amides is 5. The standard InChI is InChI=1S/C25H24FN5O5S/c1-25(2,23-29-20-16(26)9-14(36-3)10-18(20)37-23)30-24(35)27-13-4-5-15-12(8-13)11-31(22(15)34)17-6-7-19(32)28-21(17)33/h4-5,8-10,17H,6-7,11H2,1-3H3,(H2,27,30,35)(H,28,32,33). The number of rotatable bonds is 5. The van der Waals surface area contributed by atoms with Crippen LogP contribution in [-0.2, 0) is 21.7 Å². The maximum atomic E-state index is 14.4. The van der Waals surface area contributed by atoms with Gasteiger partial charge in [-0.05, 0) is 50.1 Å². The lowest BCUT2D eigenvalue weighted by molar-refractivity contribution is -0.136. The molecule has 10 nitrogen and oxygen atoms in total. The highest BCUT2D eigenvalue weighted by Gasteiger charge is 2.39. The van der Waals surface area contributed by atoms with Gasteiger partial charge in [0.2, 0.25) is 11.8 Å². The van der Waals surface area contributed by atoms with Crippen molar-refractivity contribution in [1.29, 1.82) is 0 Å². The van der Waals surface area contributed by atoms with Crippen molar-refractivity contribution in [2.24, 2.45) is 0 Å². The zero-order valence-corrected chi connectivity index (χ0v) is 21.1. The second-order valence-corrected chi connectivity index (χ2v) is 10.5. The summed E-state index contributed by atoms with van der Waals surface area (Å²) < 4.78 is 20.1. The number of methoxy groups -OCH3 is 1. The average molecular weight is 526 g/mol. The summed E-state index contributed by atoms with van der Waals surface area (Å²) >= 11 is 1.26. The molecule has 1 saturated heterocycles. The number of fused-ring (bicyclic) bond motifs is 2. The van der Waals surface area contributed by atoms with E-state index >= 15 is 0 Å². The third-order valence-electron chi connectivity index (χ3n) is 6.40. The Morgan fingerprint density at radius 3 is 2.76 bits per heavy atom. The van der Waals surface area contributed by atoms with Gasteiger partial charge >= 0.3 is 6.03 Å². The van der Waals surface area contributed by atoms with Crippen LogP contribution in [0.5, 0.6) is 5.75 Å². The molecule has 12 heteroatoms. The van der Waals surface area contributed by atoms with Gasteiger partial charge in [-0.25, -0.2) is 14.2 Å². The monoisotopic (exact) mass is 525 g/mol. The van der Waals surface area contributed by atoms with Crippen LogP contribution >= 0.6 is 11.3 Å². The molecule has 37 heavy (non-hydrogen) atoms. The van der Waals surface area contributed by atoms with Gasteiger partial charge in [-0.3, -0.25) is 19.7 Å². The number of imide groups is 1. The SMILES string of the molecule is COc1cc(F)c2nc(C(C)(C)NC(=O)Nc3ccc4c(c3)CN(C3CCC(=O)NC3=O)C4=O)sc2c1. The number of carbonyl (C=O) groups excluding carboxylic acids is 4. The average Bonchev–Trinajstić information content (AvgIpc) is 3.41. The first-order chi connectivity index (χ1) is 17.6. The van der Waals surface area contributed by atoms with Gasteiger partial charge in [0.25, 0.3) is 5.91 Å². The fourth-order valence-corrected chi connectivity index (χ4v) is 5.57. The molecule has 0 radical (unpaired) electrons. The van der Waals surface area contributed by atoms with E-state index in [2.05, 4.69) is 20.9 Å². The number of halogens is 1. The van der Waals surface area contributed by atoms with Crippen LogP contribution in [0.2, 0.25) is 0 Å². The van der Waals surface area contributed by atoms with Crippen molar-refractivity contribution in [3.63, 3.8) is 0 Å². The first-order valence-corrected chi connectivity index (χ1v) is 12.4. The lowest BCUT2D eigenvalue weighted by Crippen LogP contribution is -2.52. The Balaban J connectivity index is 1.28. The van der Waals surface area contributed by atoms with Crippen molar-refractivity contribution < 1.29 is 28.3 Å². The molecule has 0 aliphatic carbocycles. The van der Waals surface area contributed by atoms with Gasteiger partial charge in [-0.15, -0.1) is 11.3 Å². The minimum Gasteiger partial charge on any atom is -0.497 e. The Hall–Kier alpha value is -4.06. The lowest BCUT2D eigenvalue weighted by Gasteiger charge is -2.29. The first-order valence-electron chi connectivity index (χ1n) is 11.6. The molecule has 1 fully saturated rings. The van der Waals surface area contributed by atoms with Gasteiger partial charge in [-0.1, -0.05) is 0 Å². The summed E-state index contributed by atoms with van der Waals surface area (Å²) in [6, 6.07) is 6.64. The molecule has 0 saturated carbocycles. The van der Waals surface area contributed by atoms with Gasteiger partial charge < -0.3 is 20.3 Å². The maximum absolute atomic E-state index is 14.4. The predicted molar refractivity (Wildman–Crippen MR) is 134 cm³/mol. The Kier molecular flexibility index (Phi) is 6.06. The molecule has 2 aromatic carbocycles. The van der Waals surface area contributed by atoms with E-state index in [4.69, 9.17) is 4.74 Å². The molecule has 3 aromatic rings. The van der Waals surface area contributed by atoms with Crippen LogP contribution in [0.3, 0.4) is 0 Å². The normalized spacial score (nSPS) is 17.6. The zero-order valence-electron chi connectivity index (χ0n) is 20.3. The van der Waals surface area contributed by atoms with Crippen LogP contribution in [0.15, 0.2) is 30.3 Å². The van der Waals surface area contributed by atoms with Crippen LogP contribution in [0.4, 0.5) is 14.9 Å². The molecule has 5 amide bonds. The van der Waals surface area contributed by atoms with Crippen molar-refractivity contribution in [2.45, 2.75) is 44.8 Å². The van der Waals surface area contributed by atoms with E-state index in [0.717, 1.165) is 0 Å². The summed E-state index contributed by atoms with van der Waals surface area (Å²) in [6.45, 7) is 3.72. The number of hydrogen-bond donors (Lipinski definition) is 3. The summed E-state index contributed by atoms with van der Waals surface area (Å²) in [5.41, 5.74) is 0.873. The van der Waals surface area contributed by atoms with Crippen LogP contribution in [0, 0.1) is 5.82 Å². The van der Waals surface area contributed by atoms with E-state index in [1.807, 2.05) is 0 Å². The van der Waals surface area contributed by atoms with E-state index in [0.29, 0.717) is 32.3 Å². The largest absolute Gasteiger partial charge is 0.497 e. The van der Waals surface area contributed by atoms with Crippen molar-refractivity contribution in [3.05, 3.63) is 52.3 Å². The Morgan fingerprint density at radius 1 is 1.24 bits per heavy atom. The van der Waals surface area contributed by atoms with Gasteiger partial charge in [0.15, 0.2) is 5.82 Å². The number of hydrogen-bond acceptors (Lipinski definition) is 7. The molecule has 2 aliphatic heterocycles. The number of anilines is 1. The molecule has 3 N–H and O–H groups in total. The number of thiazole rings is 1. The summed E-state index contributed by atoms with van der Waals surface area (Å²) in [4.78, 5) is 55.2. The topological polar surface area (TPSA) is 130 Å². The van der Waals surface area contributed by atoms with E-state index in [-0.39, 0.29) is 36.7 Å². The number of ether oxygens (including phenoxy) is 1. The number of aromatic nitrogens is 1. The second-order valence-electron chi connectivity index (χ2n) is 9.45. The van der Waals surface area contributed by atoms with Gasteiger partial charge in [0.1, 0.15) is 22.3 Å². The maximum Gasteiger partial charge on any atom is 0.319 e. The molecule has 3 heterocycles. The Bertz CT molecular complexity index is 1470. The van der Waals surface area contributed by atoms with Gasteiger partial charge in [0.05, 0.1) is 17.3 Å². The third-order valence-corrected chi connectivity index (χ3v) is 7.73. The molecule has 0 bridgehead atoms. The highest BCUT2D eigenvalue weighted by atomic mass is 32.1. The zero-order chi connectivity index (χ0) is 26.5. The van der Waals surface area contributed by atoms with Gasteiger partial charge in [0, 0.05) is 30.3 Å². The third kappa shape index (κ3) is 4.59. The Labute approximate surface area is 215 Å². The van der Waals surface area contributed by atoms with E-state index < -0.39 is 29.3 Å². The summed E-state index contributed by atoms with van der Waals surface area (Å²) in [6.07, 6.45) is 0.448. The highest BCUT2D eigenvalue weighted by Crippen LogP contribution is 2.34. The smallest absolute Gasteiger partial charge is 0.319 e. The minimum absolute atomic E-state index is 0.175. The lowest BCUT2D eigenvalue weighted by atomic mass is 10.0. The number of benzene rings is 2. The number of carbonyl (C=O) groups is 4. The van der Waals surface area contributed by atoms with Crippen LogP contribution in [0.1, 0.15) is 47.6 Å². The van der Waals surface area contributed by atoms with Crippen molar-refractivity contribution in [1.82, 2.24) is 20.5 Å². The minimum atomic E-state index is -0.914. The quantitative estimate of drug-likeness (QED) is 0.439. The van der Waals surface area contributed by atoms with Crippen LogP contribution in [-0.4, -0.2) is 46.8 Å². The fraction of sp³-hybridized carbons (Fsp3) is 0.320. The summed E-state index contributed by atoms with van der Waals surface area (Å²) in [7, 11) is 1.46. The molecule has 192 valence electrons. The van der Waals surface area contributed by atoms with Crippen molar-refractivity contribution in [3.8, 4) is 5.75 Å². The van der Waals surface area contributed by atoms with Crippen molar-refractivity contribution in [2.75, 3.05) is 12.4 Å². The number of nitrogens with one attached hydrogen (secondary N) is 3. The molecule has 2 aliphatic rings. The van der Waals surface area contributed by atoms with Crippen LogP contribution < -0.4 is 20.7 Å². The van der Waals surface area contributed by atoms with E-state index in [1.165, 1.54) is 29.4 Å². The number of nitrogens with zero attached hydrogens (tertiary/aromatic N) is 2. The molecule has 1 unspecified atom stereocenters. The Morgan fingerprint density at radius 2 is 2.03 bits per heavy atom. The van der Waals surface area contributed by atoms with Crippen LogP contribution in [0.25, 0.3) is 10.2 Å². The summed E-state index contributed by atoms with van der Waals surface area (Å²) in [5.74, 6) is -1.24. The molecule has 1 atom stereocenters. The molecular weight excluding hydrogens is 501 g/mol. The molecule has 5 rings (SSSR count). The van der Waals surface area contributed by atoms with Crippen molar-refractivity contribution >= 4 is 51.0 Å². The fourth-order valence-electron chi connectivity index (χ4n) is 4.50. The molecular formula is C25H24FN5O5S. The molecule has 1 aromatic heterocycles. The molecule has 0 spiro atoms. The number of urea groups is 1. The van der Waals surface area contributed by atoms with E-state index in [1.54, 1.807) is 38.1 Å². The highest BCUT2D eigenvalue weighted by molar-refractivity contribution is 7.18. The van der Waals surface area contributed by atoms with E-state index in [9.17, 15) is 23.6 Å². The predicted octanol–water partition coefficient (Wildman–Crippen LogP) is 3.26. The summed E-state index contributed by atoms with van der Waals surface area (Å²) in [5, 5.41) is 8.42.